The molecule has 0 aromatic carbocycles. The van der Waals surface area contributed by atoms with E-state index < -0.39 is 0 Å². The smallest absolute Gasteiger partial charge is 0.311 e. The van der Waals surface area contributed by atoms with E-state index in [1.165, 1.54) is 33.1 Å². The Labute approximate surface area is 191 Å². The zero-order valence-corrected chi connectivity index (χ0v) is 21.7. The van der Waals surface area contributed by atoms with E-state index in [0.717, 1.165) is 12.8 Å². The molecule has 0 fully saturated rings. The van der Waals surface area contributed by atoms with Gasteiger partial charge in [0.25, 0.3) is 0 Å². The van der Waals surface area contributed by atoms with Crippen LogP contribution in [0.25, 0.3) is 0 Å². The number of carbonyl (C=O) groups excluding carboxylic acids is 4. The fourth-order valence-electron chi connectivity index (χ4n) is 1.28. The molecule has 178 valence electrons. The predicted molar refractivity (Wildman–Crippen MR) is 125 cm³/mol. The Hall–Kier alpha value is -1.22. The number of methoxy groups -OCH3 is 3. The Kier molecular flexibility index (Phi) is 20.7. The first-order valence-corrected chi connectivity index (χ1v) is 11.4. The molecular formula is C21H40O7S2. The van der Waals surface area contributed by atoms with Crippen LogP contribution in [0.1, 0.15) is 67.2 Å². The monoisotopic (exact) mass is 468 g/mol. The maximum Gasteiger partial charge on any atom is 0.311 e. The average molecular weight is 469 g/mol. The summed E-state index contributed by atoms with van der Waals surface area (Å²) in [5.74, 6) is 0.473. The standard InChI is InChI=1S/C10H18O3S.C7H14O2.C4H8O2S/c1-5-10(2,3)9(12)14-7-6-8(11)13-4;1-5-7(2,3)6(8)9-4;1-6-4(5)2-3-7/h5-7H2,1-4H3;5H2,1-4H3;7H,2-3H2,1H3. The maximum atomic E-state index is 11.6. The number of thiol groups is 1. The highest BCUT2D eigenvalue weighted by molar-refractivity contribution is 8.13. The molecule has 0 aliphatic rings. The molecule has 0 aliphatic heterocycles. The van der Waals surface area contributed by atoms with Crippen molar-refractivity contribution >= 4 is 47.4 Å². The molecule has 0 aliphatic carbocycles. The summed E-state index contributed by atoms with van der Waals surface area (Å²) < 4.78 is 13.4. The number of carbonyl (C=O) groups is 4. The largest absolute Gasteiger partial charge is 0.469 e. The van der Waals surface area contributed by atoms with E-state index >= 15 is 0 Å². The van der Waals surface area contributed by atoms with Gasteiger partial charge in [-0.25, -0.2) is 0 Å². The van der Waals surface area contributed by atoms with Gasteiger partial charge in [-0.3, -0.25) is 19.2 Å². The van der Waals surface area contributed by atoms with Crippen LogP contribution in [0.3, 0.4) is 0 Å². The lowest BCUT2D eigenvalue weighted by molar-refractivity contribution is -0.151. The van der Waals surface area contributed by atoms with Crippen LogP contribution < -0.4 is 0 Å². The number of esters is 3. The zero-order chi connectivity index (χ0) is 24.4. The third-order valence-electron chi connectivity index (χ3n) is 4.37. The molecule has 9 heteroatoms. The van der Waals surface area contributed by atoms with Crippen molar-refractivity contribution in [3.63, 3.8) is 0 Å². The molecule has 30 heavy (non-hydrogen) atoms. The van der Waals surface area contributed by atoms with Gasteiger partial charge in [-0.15, -0.1) is 0 Å². The van der Waals surface area contributed by atoms with Crippen LogP contribution in [-0.4, -0.2) is 55.9 Å². The molecule has 0 amide bonds. The van der Waals surface area contributed by atoms with Crippen LogP contribution in [-0.2, 0) is 33.4 Å². The van der Waals surface area contributed by atoms with Gasteiger partial charge < -0.3 is 14.2 Å². The fraction of sp³-hybridized carbons (Fsp3) is 0.810. The van der Waals surface area contributed by atoms with Crippen molar-refractivity contribution < 1.29 is 33.4 Å². The second-order valence-electron chi connectivity index (χ2n) is 7.48. The lowest BCUT2D eigenvalue weighted by Gasteiger charge is -2.19. The van der Waals surface area contributed by atoms with Gasteiger partial charge in [0.15, 0.2) is 5.12 Å². The third-order valence-corrected chi connectivity index (χ3v) is 5.82. The molecule has 0 rings (SSSR count). The minimum atomic E-state index is -0.311. The summed E-state index contributed by atoms with van der Waals surface area (Å²) in [5.41, 5.74) is -0.602. The number of hydrogen-bond donors (Lipinski definition) is 1. The molecule has 7 nitrogen and oxygen atoms in total. The lowest BCUT2D eigenvalue weighted by Crippen LogP contribution is -2.24. The highest BCUT2D eigenvalue weighted by atomic mass is 32.2. The van der Waals surface area contributed by atoms with Crippen molar-refractivity contribution in [3.05, 3.63) is 0 Å². The summed E-state index contributed by atoms with van der Waals surface area (Å²) in [7, 11) is 4.14. The first-order valence-electron chi connectivity index (χ1n) is 9.79. The Balaban J connectivity index is -0.000000393. The highest BCUT2D eigenvalue weighted by Gasteiger charge is 2.26. The second-order valence-corrected chi connectivity index (χ2v) is 8.99. The van der Waals surface area contributed by atoms with Gasteiger partial charge in [0.1, 0.15) is 0 Å². The summed E-state index contributed by atoms with van der Waals surface area (Å²) in [6.07, 6.45) is 2.34. The van der Waals surface area contributed by atoms with Gasteiger partial charge in [0.2, 0.25) is 0 Å². The van der Waals surface area contributed by atoms with Crippen molar-refractivity contribution in [3.8, 4) is 0 Å². The average Bonchev–Trinajstić information content (AvgIpc) is 2.73. The fourth-order valence-corrected chi connectivity index (χ4v) is 2.45. The van der Waals surface area contributed by atoms with Crippen molar-refractivity contribution in [1.82, 2.24) is 0 Å². The lowest BCUT2D eigenvalue weighted by atomic mass is 9.91. The Morgan fingerprint density at radius 1 is 0.767 bits per heavy atom. The summed E-state index contributed by atoms with van der Waals surface area (Å²) in [6.45, 7) is 11.5. The zero-order valence-electron chi connectivity index (χ0n) is 20.0. The summed E-state index contributed by atoms with van der Waals surface area (Å²) in [5, 5.41) is 0.143. The molecule has 0 spiro atoms. The third kappa shape index (κ3) is 17.6. The van der Waals surface area contributed by atoms with Crippen LogP contribution in [0.4, 0.5) is 0 Å². The molecule has 0 bridgehead atoms. The maximum absolute atomic E-state index is 11.6. The molecular weight excluding hydrogens is 428 g/mol. The number of hydrogen-bond acceptors (Lipinski definition) is 9. The first kappa shape index (κ1) is 33.4. The van der Waals surface area contributed by atoms with E-state index in [9.17, 15) is 19.2 Å². The van der Waals surface area contributed by atoms with Gasteiger partial charge in [-0.05, 0) is 26.7 Å². The highest BCUT2D eigenvalue weighted by Crippen LogP contribution is 2.27. The van der Waals surface area contributed by atoms with Crippen molar-refractivity contribution in [2.24, 2.45) is 10.8 Å². The van der Waals surface area contributed by atoms with Gasteiger partial charge in [-0.1, -0.05) is 39.5 Å². The number of thioether (sulfide) groups is 1. The van der Waals surface area contributed by atoms with Crippen LogP contribution in [0.2, 0.25) is 0 Å². The molecule has 0 heterocycles. The SMILES string of the molecule is CCC(C)(C)C(=O)OC.CCC(C)(C)C(=O)SCCC(=O)OC.COC(=O)CCS. The molecule has 0 aromatic heterocycles. The molecule has 0 radical (unpaired) electrons. The van der Waals surface area contributed by atoms with E-state index in [1.54, 1.807) is 0 Å². The summed E-state index contributed by atoms with van der Waals surface area (Å²) in [4.78, 5) is 43.3. The second kappa shape index (κ2) is 18.5. The summed E-state index contributed by atoms with van der Waals surface area (Å²) >= 11 is 5.02. The Bertz CT molecular complexity index is 517. The predicted octanol–water partition coefficient (Wildman–Crippen LogP) is 4.32. The van der Waals surface area contributed by atoms with Crippen molar-refractivity contribution in [2.75, 3.05) is 32.8 Å². The molecule has 0 N–H and O–H groups in total. The molecule has 0 atom stereocenters. The Morgan fingerprint density at radius 2 is 1.20 bits per heavy atom. The van der Waals surface area contributed by atoms with Gasteiger partial charge in [-0.2, -0.15) is 12.6 Å². The molecule has 0 unspecified atom stereocenters. The van der Waals surface area contributed by atoms with E-state index in [1.807, 2.05) is 41.5 Å². The molecule has 0 saturated heterocycles. The quantitative estimate of drug-likeness (QED) is 0.304. The molecule has 0 saturated carbocycles. The normalized spacial score (nSPS) is 10.5. The number of rotatable bonds is 9. The molecule has 0 aromatic rings. The topological polar surface area (TPSA) is 96.0 Å². The van der Waals surface area contributed by atoms with Gasteiger partial charge in [0, 0.05) is 16.9 Å². The first-order chi connectivity index (χ1) is 13.8. The van der Waals surface area contributed by atoms with E-state index in [-0.39, 0.29) is 33.9 Å². The van der Waals surface area contributed by atoms with Crippen LogP contribution in [0, 0.1) is 10.8 Å². The van der Waals surface area contributed by atoms with E-state index in [4.69, 9.17) is 0 Å². The van der Waals surface area contributed by atoms with Crippen LogP contribution >= 0.6 is 24.4 Å². The van der Waals surface area contributed by atoms with Crippen molar-refractivity contribution in [1.29, 1.82) is 0 Å². The van der Waals surface area contributed by atoms with Gasteiger partial charge in [0.05, 0.1) is 39.6 Å². The summed E-state index contributed by atoms with van der Waals surface area (Å²) in [6, 6.07) is 0. The van der Waals surface area contributed by atoms with Crippen LogP contribution in [0.5, 0.6) is 0 Å². The minimum Gasteiger partial charge on any atom is -0.469 e. The van der Waals surface area contributed by atoms with Gasteiger partial charge >= 0.3 is 17.9 Å². The Morgan fingerprint density at radius 3 is 1.47 bits per heavy atom. The van der Waals surface area contributed by atoms with E-state index in [0.29, 0.717) is 24.3 Å². The van der Waals surface area contributed by atoms with Crippen LogP contribution in [0.15, 0.2) is 0 Å². The number of ether oxygens (including phenoxy) is 3. The minimum absolute atomic E-state index is 0.134. The van der Waals surface area contributed by atoms with Crippen molar-refractivity contribution in [2.45, 2.75) is 67.2 Å². The van der Waals surface area contributed by atoms with E-state index in [2.05, 4.69) is 26.8 Å².